The Bertz CT molecular complexity index is 498. The Balaban J connectivity index is 3.82. The molecule has 1 atom stereocenters. The van der Waals surface area contributed by atoms with Gasteiger partial charge in [0.05, 0.1) is 6.10 Å². The first-order valence-corrected chi connectivity index (χ1v) is 9.54. The van der Waals surface area contributed by atoms with E-state index in [2.05, 4.69) is 6.92 Å². The predicted molar refractivity (Wildman–Crippen MR) is 108 cm³/mol. The van der Waals surface area contributed by atoms with Gasteiger partial charge in [-0.2, -0.15) is 0 Å². The Labute approximate surface area is 157 Å². The zero-order chi connectivity index (χ0) is 19.5. The number of allylic oxidation sites excluding steroid dienone is 8. The first-order chi connectivity index (χ1) is 12.6. The molecule has 0 bridgehead atoms. The van der Waals surface area contributed by atoms with Crippen molar-refractivity contribution in [1.29, 1.82) is 0 Å². The topological polar surface area (TPSA) is 77.8 Å². The number of aliphatic hydroxyl groups excluding tert-OH is 2. The summed E-state index contributed by atoms with van der Waals surface area (Å²) in [6.45, 7) is 2.21. The molecule has 26 heavy (non-hydrogen) atoms. The van der Waals surface area contributed by atoms with Gasteiger partial charge in [-0.15, -0.1) is 0 Å². The second-order valence-electron chi connectivity index (χ2n) is 6.25. The largest absolute Gasteiger partial charge is 0.508 e. The second-order valence-corrected chi connectivity index (χ2v) is 6.25. The molecule has 0 saturated carbocycles. The maximum atomic E-state index is 10.2. The summed E-state index contributed by atoms with van der Waals surface area (Å²) in [4.78, 5) is 10.2. The molecule has 0 saturated heterocycles. The van der Waals surface area contributed by atoms with Gasteiger partial charge in [0.2, 0.25) is 0 Å². The number of aliphatic carboxylic acids is 1. The third-order valence-corrected chi connectivity index (χ3v) is 3.80. The third kappa shape index (κ3) is 18.3. The number of rotatable bonds is 15. The number of carboxylic acids is 1. The van der Waals surface area contributed by atoms with Crippen LogP contribution < -0.4 is 0 Å². The first kappa shape index (κ1) is 23.9. The minimum Gasteiger partial charge on any atom is -0.508 e. The van der Waals surface area contributed by atoms with Crippen molar-refractivity contribution in [3.05, 3.63) is 60.4 Å². The van der Waals surface area contributed by atoms with Crippen LogP contribution in [0.15, 0.2) is 60.4 Å². The molecular weight excluding hydrogens is 328 g/mol. The Morgan fingerprint density at radius 2 is 1.50 bits per heavy atom. The summed E-state index contributed by atoms with van der Waals surface area (Å²) < 4.78 is 0. The van der Waals surface area contributed by atoms with Crippen LogP contribution in [-0.4, -0.2) is 27.4 Å². The van der Waals surface area contributed by atoms with E-state index in [1.165, 1.54) is 44.3 Å². The fraction of sp³-hybridized carbons (Fsp3) is 0.500. The van der Waals surface area contributed by atoms with E-state index in [0.29, 0.717) is 0 Å². The summed E-state index contributed by atoms with van der Waals surface area (Å²) in [6.07, 6.45) is 23.6. The highest BCUT2D eigenvalue weighted by molar-refractivity contribution is 5.80. The van der Waals surface area contributed by atoms with E-state index >= 15 is 0 Å². The average molecular weight is 363 g/mol. The Morgan fingerprint density at radius 3 is 2.19 bits per heavy atom. The lowest BCUT2D eigenvalue weighted by molar-refractivity contribution is -0.131. The lowest BCUT2D eigenvalue weighted by atomic mass is 10.0. The summed E-state index contributed by atoms with van der Waals surface area (Å²) in [6, 6.07) is 0. The van der Waals surface area contributed by atoms with Crippen molar-refractivity contribution in [2.75, 3.05) is 0 Å². The van der Waals surface area contributed by atoms with E-state index in [1.54, 1.807) is 30.4 Å². The van der Waals surface area contributed by atoms with Crippen LogP contribution in [0.3, 0.4) is 0 Å². The number of hydrogen-bond donors (Lipinski definition) is 3. The maximum absolute atomic E-state index is 10.2. The van der Waals surface area contributed by atoms with Gasteiger partial charge in [-0.3, -0.25) is 0 Å². The molecule has 0 aliphatic heterocycles. The van der Waals surface area contributed by atoms with Crippen LogP contribution >= 0.6 is 0 Å². The van der Waals surface area contributed by atoms with Gasteiger partial charge in [0, 0.05) is 6.08 Å². The summed E-state index contributed by atoms with van der Waals surface area (Å²) >= 11 is 0. The predicted octanol–water partition coefficient (Wildman–Crippen LogP) is 5.63. The average Bonchev–Trinajstić information content (AvgIpc) is 2.60. The molecular formula is C22H34O4. The van der Waals surface area contributed by atoms with E-state index in [1.807, 2.05) is 6.08 Å². The molecule has 0 rings (SSSR count). The van der Waals surface area contributed by atoms with E-state index in [9.17, 15) is 15.0 Å². The molecule has 3 N–H and O–H groups in total. The van der Waals surface area contributed by atoms with Crippen molar-refractivity contribution < 1.29 is 20.1 Å². The first-order valence-electron chi connectivity index (χ1n) is 9.54. The van der Waals surface area contributed by atoms with Crippen LogP contribution in [0.1, 0.15) is 64.7 Å². The fourth-order valence-electron chi connectivity index (χ4n) is 2.33. The van der Waals surface area contributed by atoms with Gasteiger partial charge < -0.3 is 15.3 Å². The van der Waals surface area contributed by atoms with Crippen molar-refractivity contribution in [2.45, 2.75) is 70.8 Å². The summed E-state index contributed by atoms with van der Waals surface area (Å²) in [5, 5.41) is 28.0. The minimum absolute atomic E-state index is 0.112. The number of unbranched alkanes of at least 4 members (excludes halogenated alkanes) is 5. The molecule has 4 heteroatoms. The SMILES string of the molecule is CCCCCCCCC(O)CCC=CC=C(O)C=CC=CC=CC(=O)O. The maximum Gasteiger partial charge on any atom is 0.328 e. The summed E-state index contributed by atoms with van der Waals surface area (Å²) in [5.74, 6) is -0.885. The zero-order valence-corrected chi connectivity index (χ0v) is 15.9. The van der Waals surface area contributed by atoms with Crippen LogP contribution in [0.25, 0.3) is 0 Å². The second kappa shape index (κ2) is 17.7. The van der Waals surface area contributed by atoms with Gasteiger partial charge in [-0.1, -0.05) is 81.9 Å². The molecule has 0 spiro atoms. The lowest BCUT2D eigenvalue weighted by Crippen LogP contribution is -2.05. The number of carbonyl (C=O) groups is 1. The van der Waals surface area contributed by atoms with Gasteiger partial charge in [-0.25, -0.2) is 4.79 Å². The van der Waals surface area contributed by atoms with Crippen molar-refractivity contribution in [1.82, 2.24) is 0 Å². The lowest BCUT2D eigenvalue weighted by Gasteiger charge is -2.08. The minimum atomic E-state index is -0.997. The van der Waals surface area contributed by atoms with Crippen LogP contribution in [0.4, 0.5) is 0 Å². The van der Waals surface area contributed by atoms with Crippen LogP contribution in [-0.2, 0) is 4.79 Å². The highest BCUT2D eigenvalue weighted by atomic mass is 16.4. The zero-order valence-electron chi connectivity index (χ0n) is 15.9. The van der Waals surface area contributed by atoms with Crippen molar-refractivity contribution >= 4 is 5.97 Å². The van der Waals surface area contributed by atoms with Crippen molar-refractivity contribution in [2.24, 2.45) is 0 Å². The molecule has 0 aliphatic carbocycles. The number of hydrogen-bond acceptors (Lipinski definition) is 3. The van der Waals surface area contributed by atoms with Gasteiger partial charge in [0.1, 0.15) is 5.76 Å². The molecule has 0 amide bonds. The van der Waals surface area contributed by atoms with E-state index < -0.39 is 5.97 Å². The van der Waals surface area contributed by atoms with Crippen LogP contribution in [0.5, 0.6) is 0 Å². The van der Waals surface area contributed by atoms with Gasteiger partial charge in [0.25, 0.3) is 0 Å². The standard InChI is InChI=1S/C22H34O4/c1-2-3-4-5-6-10-15-20(23)17-12-9-13-18-21(24)16-11-7-8-14-19-22(25)26/h7-9,11,13-14,16,18-20,23-24H,2-6,10,12,15,17H2,1H3,(H,25,26). The van der Waals surface area contributed by atoms with Crippen molar-refractivity contribution in [3.63, 3.8) is 0 Å². The van der Waals surface area contributed by atoms with Crippen LogP contribution in [0, 0.1) is 0 Å². The van der Waals surface area contributed by atoms with E-state index in [4.69, 9.17) is 5.11 Å². The normalized spacial score (nSPS) is 14.3. The highest BCUT2D eigenvalue weighted by Crippen LogP contribution is 2.11. The number of carboxylic acid groups (broad SMARTS) is 1. The molecule has 0 fully saturated rings. The highest BCUT2D eigenvalue weighted by Gasteiger charge is 2.02. The molecule has 0 aromatic rings. The molecule has 0 aromatic heterocycles. The molecule has 1 unspecified atom stereocenters. The molecule has 0 aromatic carbocycles. The van der Waals surface area contributed by atoms with Gasteiger partial charge >= 0.3 is 5.97 Å². The smallest absolute Gasteiger partial charge is 0.328 e. The fourth-order valence-corrected chi connectivity index (χ4v) is 2.33. The summed E-state index contributed by atoms with van der Waals surface area (Å²) in [7, 11) is 0. The Kier molecular flexibility index (Phi) is 16.3. The molecule has 0 radical (unpaired) electrons. The Hall–Kier alpha value is -2.07. The Morgan fingerprint density at radius 1 is 0.846 bits per heavy atom. The van der Waals surface area contributed by atoms with E-state index in [-0.39, 0.29) is 11.9 Å². The van der Waals surface area contributed by atoms with Gasteiger partial charge in [0.15, 0.2) is 0 Å². The van der Waals surface area contributed by atoms with Gasteiger partial charge in [-0.05, 0) is 31.4 Å². The molecule has 4 nitrogen and oxygen atoms in total. The monoisotopic (exact) mass is 362 g/mol. The van der Waals surface area contributed by atoms with Crippen LogP contribution in [0.2, 0.25) is 0 Å². The quantitative estimate of drug-likeness (QED) is 0.153. The molecule has 146 valence electrons. The summed E-state index contributed by atoms with van der Waals surface area (Å²) in [5.41, 5.74) is 0. The molecule has 0 heterocycles. The third-order valence-electron chi connectivity index (χ3n) is 3.80. The van der Waals surface area contributed by atoms with E-state index in [0.717, 1.165) is 31.8 Å². The molecule has 0 aliphatic rings. The number of aliphatic hydroxyl groups is 2. The van der Waals surface area contributed by atoms with Crippen molar-refractivity contribution in [3.8, 4) is 0 Å².